The quantitative estimate of drug-likeness (QED) is 0.838. The van der Waals surface area contributed by atoms with Crippen LogP contribution in [0.3, 0.4) is 0 Å². The van der Waals surface area contributed by atoms with Crippen molar-refractivity contribution in [3.05, 3.63) is 60.2 Å². The summed E-state index contributed by atoms with van der Waals surface area (Å²) >= 11 is 1.20. The van der Waals surface area contributed by atoms with E-state index in [2.05, 4.69) is 5.32 Å². The number of nitrogens with one attached hydrogen (secondary N) is 1. The van der Waals surface area contributed by atoms with Gasteiger partial charge in [0.2, 0.25) is 17.7 Å². The minimum Gasteiger partial charge on any atom is -0.325 e. The zero-order valence-corrected chi connectivity index (χ0v) is 14.6. The number of carbonyl (C=O) groups is 3. The molecule has 1 unspecified atom stereocenters. The van der Waals surface area contributed by atoms with Crippen LogP contribution in [0.4, 0.5) is 11.4 Å². The number of hydrogen-bond donors (Lipinski definition) is 1. The monoisotopic (exact) mass is 354 g/mol. The fraction of sp³-hybridized carbons (Fsp3) is 0.211. The molecule has 0 aromatic heterocycles. The predicted octanol–water partition coefficient (Wildman–Crippen LogP) is 3.00. The van der Waals surface area contributed by atoms with Crippen LogP contribution in [0.2, 0.25) is 0 Å². The number of rotatable bonds is 5. The molecule has 0 saturated carbocycles. The number of para-hydroxylation sites is 1. The molecule has 0 radical (unpaired) electrons. The Bertz CT molecular complexity index is 790. The summed E-state index contributed by atoms with van der Waals surface area (Å²) in [5.74, 6) is -0.551. The van der Waals surface area contributed by atoms with Gasteiger partial charge < -0.3 is 5.32 Å². The van der Waals surface area contributed by atoms with Crippen LogP contribution in [0.5, 0.6) is 0 Å². The van der Waals surface area contributed by atoms with Crippen molar-refractivity contribution in [1.82, 2.24) is 0 Å². The molecular weight excluding hydrogens is 336 g/mol. The van der Waals surface area contributed by atoms with Crippen LogP contribution in [0.15, 0.2) is 54.6 Å². The Morgan fingerprint density at radius 2 is 1.80 bits per heavy atom. The summed E-state index contributed by atoms with van der Waals surface area (Å²) in [6, 6.07) is 16.4. The maximum Gasteiger partial charge on any atom is 0.247 e. The number of thioether (sulfide) groups is 1. The van der Waals surface area contributed by atoms with Crippen molar-refractivity contribution in [3.8, 4) is 0 Å². The van der Waals surface area contributed by atoms with Crippen molar-refractivity contribution in [3.63, 3.8) is 0 Å². The first kappa shape index (κ1) is 17.2. The summed E-state index contributed by atoms with van der Waals surface area (Å²) in [4.78, 5) is 37.9. The molecule has 1 fully saturated rings. The van der Waals surface area contributed by atoms with Crippen LogP contribution in [-0.4, -0.2) is 28.7 Å². The minimum atomic E-state index is -0.517. The lowest BCUT2D eigenvalue weighted by molar-refractivity contribution is -0.121. The van der Waals surface area contributed by atoms with E-state index in [4.69, 9.17) is 0 Å². The van der Waals surface area contributed by atoms with E-state index in [9.17, 15) is 14.4 Å². The van der Waals surface area contributed by atoms with Crippen molar-refractivity contribution in [2.45, 2.75) is 18.6 Å². The fourth-order valence-corrected chi connectivity index (χ4v) is 3.53. The van der Waals surface area contributed by atoms with Crippen molar-refractivity contribution in [2.24, 2.45) is 0 Å². The zero-order valence-electron chi connectivity index (χ0n) is 13.8. The van der Waals surface area contributed by atoms with Gasteiger partial charge in [-0.1, -0.05) is 35.9 Å². The fourth-order valence-electron chi connectivity index (χ4n) is 2.59. The molecule has 6 heteroatoms. The first-order chi connectivity index (χ1) is 12.0. The van der Waals surface area contributed by atoms with Gasteiger partial charge in [-0.2, -0.15) is 0 Å². The van der Waals surface area contributed by atoms with E-state index in [1.165, 1.54) is 16.7 Å². The molecule has 2 aromatic carbocycles. The van der Waals surface area contributed by atoms with Gasteiger partial charge in [0.05, 0.1) is 16.7 Å². The second-order valence-electron chi connectivity index (χ2n) is 5.82. The van der Waals surface area contributed by atoms with Crippen LogP contribution < -0.4 is 10.2 Å². The molecule has 1 aliphatic heterocycles. The lowest BCUT2D eigenvalue weighted by Crippen LogP contribution is -2.31. The van der Waals surface area contributed by atoms with Gasteiger partial charge in [-0.15, -0.1) is 11.8 Å². The molecule has 1 N–H and O–H groups in total. The lowest BCUT2D eigenvalue weighted by Gasteiger charge is -2.14. The maximum atomic E-state index is 12.5. The number of anilines is 2. The van der Waals surface area contributed by atoms with Crippen molar-refractivity contribution in [2.75, 3.05) is 16.0 Å². The number of benzene rings is 2. The van der Waals surface area contributed by atoms with E-state index in [0.717, 1.165) is 11.3 Å². The highest BCUT2D eigenvalue weighted by molar-refractivity contribution is 8.01. The summed E-state index contributed by atoms with van der Waals surface area (Å²) in [5, 5.41) is 2.28. The molecule has 0 aliphatic carbocycles. The first-order valence-corrected chi connectivity index (χ1v) is 8.99. The van der Waals surface area contributed by atoms with Gasteiger partial charge in [-0.3, -0.25) is 14.4 Å². The number of nitrogens with zero attached hydrogens (tertiary/aromatic N) is 1. The Kier molecular flexibility index (Phi) is 5.19. The van der Waals surface area contributed by atoms with Crippen LogP contribution in [0.25, 0.3) is 0 Å². The summed E-state index contributed by atoms with van der Waals surface area (Å²) in [7, 11) is 0. The molecule has 3 rings (SSSR count). The number of aryl methyl sites for hydroxylation is 1. The van der Waals surface area contributed by atoms with Crippen LogP contribution in [0, 0.1) is 6.92 Å². The molecule has 3 amide bonds. The molecule has 128 valence electrons. The van der Waals surface area contributed by atoms with Crippen molar-refractivity contribution >= 4 is 40.9 Å². The molecular formula is C19H18N2O3S. The highest BCUT2D eigenvalue weighted by Crippen LogP contribution is 2.29. The maximum absolute atomic E-state index is 12.5. The smallest absolute Gasteiger partial charge is 0.247 e. The third-order valence-corrected chi connectivity index (χ3v) is 5.07. The third-order valence-electron chi connectivity index (χ3n) is 3.87. The van der Waals surface area contributed by atoms with Crippen LogP contribution in [0.1, 0.15) is 12.0 Å². The molecule has 2 aromatic rings. The van der Waals surface area contributed by atoms with Crippen molar-refractivity contribution < 1.29 is 14.4 Å². The number of imide groups is 1. The number of amides is 3. The van der Waals surface area contributed by atoms with Crippen LogP contribution in [-0.2, 0) is 14.4 Å². The van der Waals surface area contributed by atoms with E-state index < -0.39 is 5.25 Å². The summed E-state index contributed by atoms with van der Waals surface area (Å²) < 4.78 is 0. The van der Waals surface area contributed by atoms with E-state index in [0.29, 0.717) is 5.69 Å². The molecule has 1 atom stereocenters. The normalized spacial score (nSPS) is 17.0. The van der Waals surface area contributed by atoms with E-state index in [1.807, 2.05) is 37.3 Å². The van der Waals surface area contributed by atoms with E-state index in [-0.39, 0.29) is 29.9 Å². The number of hydrogen-bond acceptors (Lipinski definition) is 4. The Hall–Kier alpha value is -2.60. The van der Waals surface area contributed by atoms with Gasteiger partial charge in [-0.25, -0.2) is 4.90 Å². The first-order valence-electron chi connectivity index (χ1n) is 7.94. The molecule has 1 saturated heterocycles. The average molecular weight is 354 g/mol. The molecule has 1 heterocycles. The second-order valence-corrected chi connectivity index (χ2v) is 7.01. The molecule has 1 aliphatic rings. The highest BCUT2D eigenvalue weighted by atomic mass is 32.2. The van der Waals surface area contributed by atoms with Crippen molar-refractivity contribution in [1.29, 1.82) is 0 Å². The lowest BCUT2D eigenvalue weighted by atomic mass is 10.2. The zero-order chi connectivity index (χ0) is 17.8. The molecule has 5 nitrogen and oxygen atoms in total. The summed E-state index contributed by atoms with van der Waals surface area (Å²) in [5.41, 5.74) is 2.41. The Balaban J connectivity index is 1.57. The van der Waals surface area contributed by atoms with Gasteiger partial charge >= 0.3 is 0 Å². The second kappa shape index (κ2) is 7.53. The topological polar surface area (TPSA) is 66.5 Å². The summed E-state index contributed by atoms with van der Waals surface area (Å²) in [6.07, 6.45) is 0.121. The molecule has 0 bridgehead atoms. The van der Waals surface area contributed by atoms with Gasteiger partial charge in [-0.05, 0) is 31.2 Å². The average Bonchev–Trinajstić information content (AvgIpc) is 2.89. The van der Waals surface area contributed by atoms with E-state index >= 15 is 0 Å². The Morgan fingerprint density at radius 1 is 1.12 bits per heavy atom. The standard InChI is InChI=1S/C19H18N2O3S/c1-13-7-9-14(10-8-13)20-17(22)12-25-16-11-18(23)21(19(16)24)15-5-3-2-4-6-15/h2-10,16H,11-12H2,1H3,(H,20,22). The van der Waals surface area contributed by atoms with Crippen LogP contribution >= 0.6 is 11.8 Å². The molecule has 0 spiro atoms. The third kappa shape index (κ3) is 4.09. The SMILES string of the molecule is Cc1ccc(NC(=O)CSC2CC(=O)N(c3ccccc3)C2=O)cc1. The van der Waals surface area contributed by atoms with Gasteiger partial charge in [0.15, 0.2) is 0 Å². The number of carbonyl (C=O) groups excluding carboxylic acids is 3. The van der Waals surface area contributed by atoms with Gasteiger partial charge in [0.1, 0.15) is 0 Å². The Morgan fingerprint density at radius 3 is 2.48 bits per heavy atom. The van der Waals surface area contributed by atoms with Gasteiger partial charge in [0.25, 0.3) is 0 Å². The minimum absolute atomic E-state index is 0.121. The predicted molar refractivity (Wildman–Crippen MR) is 99.6 cm³/mol. The van der Waals surface area contributed by atoms with Gasteiger partial charge in [0, 0.05) is 12.1 Å². The molecule has 25 heavy (non-hydrogen) atoms. The Labute approximate surface area is 150 Å². The summed E-state index contributed by atoms with van der Waals surface area (Å²) in [6.45, 7) is 1.97. The highest BCUT2D eigenvalue weighted by Gasteiger charge is 2.39. The van der Waals surface area contributed by atoms with E-state index in [1.54, 1.807) is 24.3 Å². The largest absolute Gasteiger partial charge is 0.325 e.